The Hall–Kier alpha value is -2.96. The first kappa shape index (κ1) is 13.0. The summed E-state index contributed by atoms with van der Waals surface area (Å²) < 4.78 is 28.1. The maximum Gasteiger partial charge on any atom is 0.337 e. The highest BCUT2D eigenvalue weighted by Crippen LogP contribution is 2.22. The van der Waals surface area contributed by atoms with Crippen molar-refractivity contribution in [2.24, 2.45) is 0 Å². The monoisotopic (exact) mass is 290 g/mol. The molecule has 0 amide bonds. The lowest BCUT2D eigenvalue weighted by molar-refractivity contribution is 0.0698. The zero-order chi connectivity index (χ0) is 15.1. The fraction of sp³-hybridized carbons (Fsp3) is 0. The molecule has 0 fully saturated rings. The molecule has 0 aliphatic rings. The molecule has 0 saturated carbocycles. The Morgan fingerprint density at radius 2 is 1.86 bits per heavy atom. The molecule has 0 saturated heterocycles. The van der Waals surface area contributed by atoms with Crippen molar-refractivity contribution in [3.63, 3.8) is 0 Å². The zero-order valence-electron chi connectivity index (χ0n) is 10.4. The minimum atomic E-state index is -1.27. The Balaban J connectivity index is 2.48. The first-order valence-corrected chi connectivity index (χ1v) is 5.92. The average molecular weight is 290 g/mol. The molecule has 106 valence electrons. The second-order valence-electron chi connectivity index (χ2n) is 4.35. The van der Waals surface area contributed by atoms with Crippen molar-refractivity contribution in [3.05, 3.63) is 64.1 Å². The summed E-state index contributed by atoms with van der Waals surface area (Å²) in [6, 6.07) is 7.57. The number of rotatable bonds is 2. The first-order chi connectivity index (χ1) is 10.0. The number of hydrogen-bond donors (Lipinski definition) is 2. The normalized spacial score (nSPS) is 11.0. The van der Waals surface area contributed by atoms with Crippen LogP contribution in [-0.4, -0.2) is 20.6 Å². The van der Waals surface area contributed by atoms with E-state index in [4.69, 9.17) is 0 Å². The SMILES string of the molecule is O=C(O)c1cccc2[nH]c(=O)n(-c3cccc(F)c3F)c12. The average Bonchev–Trinajstić information content (AvgIpc) is 2.77. The van der Waals surface area contributed by atoms with Crippen LogP contribution in [0.3, 0.4) is 0 Å². The van der Waals surface area contributed by atoms with Crippen LogP contribution in [0.15, 0.2) is 41.2 Å². The molecule has 3 aromatic rings. The predicted molar refractivity (Wildman–Crippen MR) is 70.8 cm³/mol. The van der Waals surface area contributed by atoms with Crippen molar-refractivity contribution in [2.45, 2.75) is 0 Å². The Labute approximate surface area is 116 Å². The van der Waals surface area contributed by atoms with Gasteiger partial charge in [0.25, 0.3) is 0 Å². The van der Waals surface area contributed by atoms with Gasteiger partial charge in [-0.1, -0.05) is 12.1 Å². The van der Waals surface area contributed by atoms with Crippen LogP contribution in [0.25, 0.3) is 16.7 Å². The van der Waals surface area contributed by atoms with Crippen molar-refractivity contribution < 1.29 is 18.7 Å². The molecule has 2 aromatic carbocycles. The van der Waals surface area contributed by atoms with Gasteiger partial charge in [0.1, 0.15) is 0 Å². The van der Waals surface area contributed by atoms with Gasteiger partial charge in [0, 0.05) is 0 Å². The van der Waals surface area contributed by atoms with Crippen LogP contribution in [0.4, 0.5) is 8.78 Å². The molecule has 0 aliphatic carbocycles. The van der Waals surface area contributed by atoms with Gasteiger partial charge < -0.3 is 10.1 Å². The molecule has 1 heterocycles. The van der Waals surface area contributed by atoms with Gasteiger partial charge >= 0.3 is 11.7 Å². The number of nitrogens with one attached hydrogen (secondary N) is 1. The standard InChI is InChI=1S/C14H8F2N2O3/c15-8-4-2-6-10(11(8)16)18-12-7(13(19)20)3-1-5-9(12)17-14(18)21/h1-6H,(H,17,21)(H,19,20). The third-order valence-electron chi connectivity index (χ3n) is 3.11. The summed E-state index contributed by atoms with van der Waals surface area (Å²) in [6.45, 7) is 0. The number of benzene rings is 2. The fourth-order valence-corrected chi connectivity index (χ4v) is 2.23. The number of carboxylic acid groups (broad SMARTS) is 1. The van der Waals surface area contributed by atoms with E-state index in [1.807, 2.05) is 0 Å². The van der Waals surface area contributed by atoms with Gasteiger partial charge in [0.2, 0.25) is 0 Å². The van der Waals surface area contributed by atoms with Crippen LogP contribution in [0.1, 0.15) is 10.4 Å². The van der Waals surface area contributed by atoms with E-state index < -0.39 is 23.3 Å². The second kappa shape index (κ2) is 4.55. The molecule has 5 nitrogen and oxygen atoms in total. The summed E-state index contributed by atoms with van der Waals surface area (Å²) in [5.74, 6) is -3.62. The molecule has 0 atom stereocenters. The van der Waals surface area contributed by atoms with Gasteiger partial charge in [0.15, 0.2) is 11.6 Å². The topological polar surface area (TPSA) is 75.1 Å². The number of aromatic carboxylic acids is 1. The summed E-state index contributed by atoms with van der Waals surface area (Å²) in [5.41, 5.74) is -1.07. The second-order valence-corrected chi connectivity index (χ2v) is 4.35. The molecule has 3 rings (SSSR count). The minimum Gasteiger partial charge on any atom is -0.478 e. The molecule has 7 heteroatoms. The third-order valence-corrected chi connectivity index (χ3v) is 3.11. The molecule has 1 aromatic heterocycles. The van der Waals surface area contributed by atoms with E-state index in [0.717, 1.165) is 10.6 Å². The van der Waals surface area contributed by atoms with Crippen molar-refractivity contribution in [3.8, 4) is 5.69 Å². The molecular weight excluding hydrogens is 282 g/mol. The summed E-state index contributed by atoms with van der Waals surface area (Å²) in [6.07, 6.45) is 0. The van der Waals surface area contributed by atoms with E-state index in [0.29, 0.717) is 0 Å². The van der Waals surface area contributed by atoms with E-state index in [2.05, 4.69) is 4.98 Å². The molecule has 21 heavy (non-hydrogen) atoms. The van der Waals surface area contributed by atoms with E-state index in [-0.39, 0.29) is 22.3 Å². The highest BCUT2D eigenvalue weighted by Gasteiger charge is 2.19. The van der Waals surface area contributed by atoms with Crippen LogP contribution < -0.4 is 5.69 Å². The Morgan fingerprint density at radius 1 is 1.14 bits per heavy atom. The summed E-state index contributed by atoms with van der Waals surface area (Å²) in [5, 5.41) is 9.19. The molecule has 0 unspecified atom stereocenters. The number of aromatic amines is 1. The number of nitrogens with zero attached hydrogens (tertiary/aromatic N) is 1. The number of aromatic nitrogens is 2. The van der Waals surface area contributed by atoms with Crippen molar-refractivity contribution in [2.75, 3.05) is 0 Å². The lowest BCUT2D eigenvalue weighted by atomic mass is 10.1. The van der Waals surface area contributed by atoms with Gasteiger partial charge in [-0.15, -0.1) is 0 Å². The van der Waals surface area contributed by atoms with E-state index in [1.165, 1.54) is 30.3 Å². The molecule has 2 N–H and O–H groups in total. The van der Waals surface area contributed by atoms with Gasteiger partial charge in [-0.25, -0.2) is 18.4 Å². The number of para-hydroxylation sites is 1. The lowest BCUT2D eigenvalue weighted by Crippen LogP contribution is -2.17. The number of H-pyrrole nitrogens is 1. The quantitative estimate of drug-likeness (QED) is 0.760. The molecular formula is C14H8F2N2O3. The smallest absolute Gasteiger partial charge is 0.337 e. The van der Waals surface area contributed by atoms with Crippen LogP contribution in [0.2, 0.25) is 0 Å². The third kappa shape index (κ3) is 1.90. The van der Waals surface area contributed by atoms with Gasteiger partial charge in [0.05, 0.1) is 22.3 Å². The Morgan fingerprint density at radius 3 is 2.57 bits per heavy atom. The number of halogens is 2. The number of fused-ring (bicyclic) bond motifs is 1. The lowest BCUT2D eigenvalue weighted by Gasteiger charge is -2.07. The maximum absolute atomic E-state index is 13.9. The Bertz CT molecular complexity index is 928. The minimum absolute atomic E-state index is 0.0144. The number of imidazole rings is 1. The number of carboxylic acids is 1. The van der Waals surface area contributed by atoms with Crippen LogP contribution in [0.5, 0.6) is 0 Å². The molecule has 0 bridgehead atoms. The van der Waals surface area contributed by atoms with Crippen LogP contribution in [-0.2, 0) is 0 Å². The van der Waals surface area contributed by atoms with E-state index in [9.17, 15) is 23.5 Å². The van der Waals surface area contributed by atoms with Gasteiger partial charge in [-0.2, -0.15) is 0 Å². The van der Waals surface area contributed by atoms with Crippen molar-refractivity contribution >= 4 is 17.0 Å². The summed E-state index contributed by atoms with van der Waals surface area (Å²) >= 11 is 0. The summed E-state index contributed by atoms with van der Waals surface area (Å²) in [4.78, 5) is 25.7. The number of hydrogen-bond acceptors (Lipinski definition) is 2. The zero-order valence-corrected chi connectivity index (χ0v) is 10.4. The fourth-order valence-electron chi connectivity index (χ4n) is 2.23. The highest BCUT2D eigenvalue weighted by atomic mass is 19.2. The van der Waals surface area contributed by atoms with Crippen LogP contribution in [0, 0.1) is 11.6 Å². The Kier molecular flexibility index (Phi) is 2.83. The first-order valence-electron chi connectivity index (χ1n) is 5.92. The number of carbonyl (C=O) groups is 1. The predicted octanol–water partition coefficient (Wildman–Crippen LogP) is 2.30. The maximum atomic E-state index is 13.9. The van der Waals surface area contributed by atoms with Gasteiger partial charge in [-0.05, 0) is 24.3 Å². The van der Waals surface area contributed by atoms with Crippen molar-refractivity contribution in [1.29, 1.82) is 0 Å². The van der Waals surface area contributed by atoms with E-state index >= 15 is 0 Å². The largest absolute Gasteiger partial charge is 0.478 e. The summed E-state index contributed by atoms with van der Waals surface area (Å²) in [7, 11) is 0. The highest BCUT2D eigenvalue weighted by molar-refractivity contribution is 6.01. The molecule has 0 aliphatic heterocycles. The molecule has 0 radical (unpaired) electrons. The van der Waals surface area contributed by atoms with Crippen LogP contribution >= 0.6 is 0 Å². The van der Waals surface area contributed by atoms with E-state index in [1.54, 1.807) is 0 Å². The van der Waals surface area contributed by atoms with Gasteiger partial charge in [-0.3, -0.25) is 4.57 Å². The molecule has 0 spiro atoms. The van der Waals surface area contributed by atoms with Crippen molar-refractivity contribution in [1.82, 2.24) is 9.55 Å².